The second-order valence-electron chi connectivity index (χ2n) is 7.42. The number of halogens is 1. The first-order chi connectivity index (χ1) is 12.9. The van der Waals surface area contributed by atoms with E-state index in [1.807, 2.05) is 24.3 Å². The first-order valence-electron chi connectivity index (χ1n) is 9.09. The van der Waals surface area contributed by atoms with Gasteiger partial charge in [-0.2, -0.15) is 4.31 Å². The molecule has 1 saturated heterocycles. The fourth-order valence-corrected chi connectivity index (χ4v) is 5.40. The van der Waals surface area contributed by atoms with E-state index in [1.165, 1.54) is 0 Å². The molecule has 2 aliphatic rings. The number of rotatable bonds is 2. The number of sulfonamides is 1. The largest absolute Gasteiger partial charge is 0.485 e. The predicted octanol–water partition coefficient (Wildman–Crippen LogP) is 3.39. The van der Waals surface area contributed by atoms with Crippen molar-refractivity contribution < 1.29 is 13.2 Å². The third kappa shape index (κ3) is 3.72. The third-order valence-corrected chi connectivity index (χ3v) is 7.52. The Morgan fingerprint density at radius 1 is 1.04 bits per heavy atom. The van der Waals surface area contributed by atoms with Crippen molar-refractivity contribution in [3.05, 3.63) is 59.1 Å². The zero-order chi connectivity index (χ0) is 19.1. The van der Waals surface area contributed by atoms with Gasteiger partial charge in [-0.1, -0.05) is 29.8 Å². The summed E-state index contributed by atoms with van der Waals surface area (Å²) < 4.78 is 34.8. The van der Waals surface area contributed by atoms with Gasteiger partial charge in [-0.25, -0.2) is 8.42 Å². The highest BCUT2D eigenvalue weighted by molar-refractivity contribution is 7.89. The zero-order valence-electron chi connectivity index (χ0n) is 15.3. The smallest absolute Gasteiger partial charge is 0.243 e. The molecule has 144 valence electrons. The number of hydrogen-bond acceptors (Lipinski definition) is 4. The van der Waals surface area contributed by atoms with Gasteiger partial charge in [0.15, 0.2) is 0 Å². The number of benzene rings is 2. The number of fused-ring (bicyclic) bond motifs is 1. The molecule has 2 aliphatic heterocycles. The lowest BCUT2D eigenvalue weighted by Crippen LogP contribution is -2.53. The number of para-hydroxylation sites is 1. The normalized spacial score (nSPS) is 20.7. The van der Waals surface area contributed by atoms with Gasteiger partial charge in [0.05, 0.1) is 11.4 Å². The molecule has 0 radical (unpaired) electrons. The molecule has 0 aromatic heterocycles. The molecule has 1 spiro atoms. The van der Waals surface area contributed by atoms with Crippen LogP contribution in [0.25, 0.3) is 0 Å². The van der Waals surface area contributed by atoms with Crippen molar-refractivity contribution >= 4 is 21.6 Å². The lowest BCUT2D eigenvalue weighted by atomic mass is 9.91. The number of ether oxygens (including phenoxy) is 1. The highest BCUT2D eigenvalue weighted by atomic mass is 35.5. The van der Waals surface area contributed by atoms with E-state index in [-0.39, 0.29) is 4.90 Å². The van der Waals surface area contributed by atoms with Gasteiger partial charge in [-0.15, -0.1) is 0 Å². The van der Waals surface area contributed by atoms with Crippen LogP contribution in [0.2, 0.25) is 5.02 Å². The van der Waals surface area contributed by atoms with Crippen LogP contribution < -0.4 is 4.74 Å². The highest BCUT2D eigenvalue weighted by Crippen LogP contribution is 2.37. The standard InChI is InChI=1S/C20H23ClN2O3S/c1-22-12-10-20(11-13-22)15-23(14-16-4-2-3-5-19(16)26-20)27(24,25)18-8-6-17(21)7-9-18/h2-9H,10-15H2,1H3. The highest BCUT2D eigenvalue weighted by Gasteiger charge is 2.43. The van der Waals surface area contributed by atoms with E-state index in [0.29, 0.717) is 18.1 Å². The monoisotopic (exact) mass is 406 g/mol. The lowest BCUT2D eigenvalue weighted by molar-refractivity contribution is 0.000464. The molecular weight excluding hydrogens is 384 g/mol. The average Bonchev–Trinajstić information content (AvgIpc) is 2.82. The summed E-state index contributed by atoms with van der Waals surface area (Å²) in [6.45, 7) is 2.42. The summed E-state index contributed by atoms with van der Waals surface area (Å²) in [6, 6.07) is 14.1. The number of likely N-dealkylation sites (tertiary alicyclic amines) is 1. The molecule has 0 unspecified atom stereocenters. The first kappa shape index (κ1) is 18.7. The van der Waals surface area contributed by atoms with Crippen LogP contribution in [0.3, 0.4) is 0 Å². The molecule has 2 heterocycles. The number of hydrogen-bond donors (Lipinski definition) is 0. The molecule has 7 heteroatoms. The predicted molar refractivity (Wildman–Crippen MR) is 106 cm³/mol. The molecule has 27 heavy (non-hydrogen) atoms. The summed E-state index contributed by atoms with van der Waals surface area (Å²) in [5.41, 5.74) is 0.393. The van der Waals surface area contributed by atoms with E-state index < -0.39 is 15.6 Å². The van der Waals surface area contributed by atoms with Crippen LogP contribution >= 0.6 is 11.6 Å². The minimum Gasteiger partial charge on any atom is -0.485 e. The Balaban J connectivity index is 1.74. The molecule has 0 saturated carbocycles. The van der Waals surface area contributed by atoms with Crippen molar-refractivity contribution in [1.29, 1.82) is 0 Å². The maximum atomic E-state index is 13.4. The fourth-order valence-electron chi connectivity index (χ4n) is 3.78. The Hall–Kier alpha value is -1.60. The van der Waals surface area contributed by atoms with E-state index in [9.17, 15) is 8.42 Å². The molecule has 4 rings (SSSR count). The van der Waals surface area contributed by atoms with Gasteiger partial charge >= 0.3 is 0 Å². The van der Waals surface area contributed by atoms with Crippen molar-refractivity contribution in [1.82, 2.24) is 9.21 Å². The summed E-state index contributed by atoms with van der Waals surface area (Å²) in [6.07, 6.45) is 1.59. The van der Waals surface area contributed by atoms with Gasteiger partial charge in [-0.05, 0) is 37.4 Å². The number of nitrogens with zero attached hydrogens (tertiary/aromatic N) is 2. The van der Waals surface area contributed by atoms with E-state index in [4.69, 9.17) is 16.3 Å². The Labute approximate surface area is 165 Å². The van der Waals surface area contributed by atoms with Gasteiger partial charge in [0.2, 0.25) is 10.0 Å². The van der Waals surface area contributed by atoms with Crippen LogP contribution in [-0.2, 0) is 16.6 Å². The molecule has 5 nitrogen and oxygen atoms in total. The maximum Gasteiger partial charge on any atom is 0.243 e. The quantitative estimate of drug-likeness (QED) is 0.767. The van der Waals surface area contributed by atoms with Crippen LogP contribution in [0.4, 0.5) is 0 Å². The Kier molecular flexibility index (Phi) is 4.93. The molecule has 2 aromatic rings. The Morgan fingerprint density at radius 3 is 2.41 bits per heavy atom. The van der Waals surface area contributed by atoms with E-state index in [1.54, 1.807) is 28.6 Å². The molecule has 2 aromatic carbocycles. The van der Waals surface area contributed by atoms with Gasteiger partial charge in [0.25, 0.3) is 0 Å². The van der Waals surface area contributed by atoms with Crippen molar-refractivity contribution in [2.45, 2.75) is 29.9 Å². The topological polar surface area (TPSA) is 49.9 Å². The van der Waals surface area contributed by atoms with Crippen LogP contribution in [-0.4, -0.2) is 49.9 Å². The number of piperidine rings is 1. The van der Waals surface area contributed by atoms with Crippen molar-refractivity contribution in [3.63, 3.8) is 0 Å². The molecule has 0 amide bonds. The van der Waals surface area contributed by atoms with E-state index >= 15 is 0 Å². The second kappa shape index (κ2) is 7.09. The second-order valence-corrected chi connectivity index (χ2v) is 9.80. The van der Waals surface area contributed by atoms with Gasteiger partial charge in [-0.3, -0.25) is 0 Å². The molecule has 0 N–H and O–H groups in total. The first-order valence-corrected chi connectivity index (χ1v) is 10.9. The van der Waals surface area contributed by atoms with Crippen molar-refractivity contribution in [2.75, 3.05) is 26.7 Å². The molecule has 1 fully saturated rings. The van der Waals surface area contributed by atoms with E-state index in [0.717, 1.165) is 37.2 Å². The third-order valence-electron chi connectivity index (χ3n) is 5.46. The van der Waals surface area contributed by atoms with Crippen LogP contribution in [0.1, 0.15) is 18.4 Å². The molecule has 0 atom stereocenters. The van der Waals surface area contributed by atoms with Gasteiger partial charge in [0.1, 0.15) is 11.4 Å². The van der Waals surface area contributed by atoms with Crippen molar-refractivity contribution in [3.8, 4) is 5.75 Å². The fraction of sp³-hybridized carbons (Fsp3) is 0.400. The zero-order valence-corrected chi connectivity index (χ0v) is 16.8. The van der Waals surface area contributed by atoms with Crippen molar-refractivity contribution in [2.24, 2.45) is 0 Å². The van der Waals surface area contributed by atoms with Gasteiger partial charge in [0, 0.05) is 43.1 Å². The maximum absolute atomic E-state index is 13.4. The lowest BCUT2D eigenvalue weighted by Gasteiger charge is -2.41. The van der Waals surface area contributed by atoms with Crippen LogP contribution in [0, 0.1) is 0 Å². The summed E-state index contributed by atoms with van der Waals surface area (Å²) in [5, 5.41) is 0.519. The minimum absolute atomic E-state index is 0.259. The van der Waals surface area contributed by atoms with Crippen LogP contribution in [0.5, 0.6) is 5.75 Å². The summed E-state index contributed by atoms with van der Waals surface area (Å²) >= 11 is 5.94. The Bertz CT molecular complexity index is 922. The van der Waals surface area contributed by atoms with Gasteiger partial charge < -0.3 is 9.64 Å². The molecular formula is C20H23ClN2O3S. The Morgan fingerprint density at radius 2 is 1.70 bits per heavy atom. The average molecular weight is 407 g/mol. The summed E-state index contributed by atoms with van der Waals surface area (Å²) in [4.78, 5) is 2.51. The SMILES string of the molecule is CN1CCC2(CC1)CN(S(=O)(=O)c1ccc(Cl)cc1)Cc1ccccc1O2. The van der Waals surface area contributed by atoms with E-state index in [2.05, 4.69) is 11.9 Å². The summed E-state index contributed by atoms with van der Waals surface area (Å²) in [7, 11) is -1.57. The molecule has 0 aliphatic carbocycles. The van der Waals surface area contributed by atoms with Crippen LogP contribution in [0.15, 0.2) is 53.4 Å². The molecule has 0 bridgehead atoms. The minimum atomic E-state index is -3.65. The summed E-state index contributed by atoms with van der Waals surface area (Å²) in [5.74, 6) is 0.788.